The van der Waals surface area contributed by atoms with E-state index in [1.165, 1.54) is 24.6 Å². The van der Waals surface area contributed by atoms with Gasteiger partial charge in [0.15, 0.2) is 6.29 Å². The van der Waals surface area contributed by atoms with E-state index in [9.17, 15) is 18.4 Å². The monoisotopic (exact) mass is 431 g/mol. The zero-order chi connectivity index (χ0) is 23.1. The van der Waals surface area contributed by atoms with Crippen LogP contribution >= 0.6 is 0 Å². The van der Waals surface area contributed by atoms with Crippen molar-refractivity contribution in [3.05, 3.63) is 82.3 Å². The van der Waals surface area contributed by atoms with E-state index < -0.39 is 6.61 Å². The highest BCUT2D eigenvalue weighted by molar-refractivity contribution is 5.72. The molecular formula is C23H27F2N3O3. The summed E-state index contributed by atoms with van der Waals surface area (Å²) in [6.45, 7) is 2.21. The highest BCUT2D eigenvalue weighted by Gasteiger charge is 2.03. The lowest BCUT2D eigenvalue weighted by Crippen LogP contribution is -2.09. The van der Waals surface area contributed by atoms with E-state index >= 15 is 0 Å². The minimum absolute atomic E-state index is 0.137. The van der Waals surface area contributed by atoms with Crippen molar-refractivity contribution in [2.45, 2.75) is 33.4 Å². The lowest BCUT2D eigenvalue weighted by Gasteiger charge is -2.05. The Kier molecular flexibility index (Phi) is 12.1. The topological polar surface area (TPSA) is 84.1 Å². The molecule has 0 fully saturated rings. The Morgan fingerprint density at radius 1 is 1.10 bits per heavy atom. The normalized spacial score (nSPS) is 9.74. The minimum atomic E-state index is -2.75. The Morgan fingerprint density at radius 3 is 2.23 bits per heavy atom. The molecule has 31 heavy (non-hydrogen) atoms. The summed E-state index contributed by atoms with van der Waals surface area (Å²) in [5, 5.41) is 2.96. The smallest absolute Gasteiger partial charge is 0.387 e. The van der Waals surface area contributed by atoms with E-state index in [2.05, 4.69) is 33.9 Å². The second-order valence-electron chi connectivity index (χ2n) is 6.26. The van der Waals surface area contributed by atoms with Crippen molar-refractivity contribution in [2.24, 2.45) is 0 Å². The number of aromatic nitrogens is 2. The van der Waals surface area contributed by atoms with Crippen LogP contribution in [0.3, 0.4) is 0 Å². The SMILES string of the molecule is CCC.CNCc1ccc(OC(F)F)cc1.O=Cc1cc(=O)[nH]c(-c2ccccc2)n1. The van der Waals surface area contributed by atoms with Crippen LogP contribution in [0.4, 0.5) is 8.78 Å². The summed E-state index contributed by atoms with van der Waals surface area (Å²) < 4.78 is 27.7. The first-order valence-corrected chi connectivity index (χ1v) is 9.73. The van der Waals surface area contributed by atoms with Crippen molar-refractivity contribution < 1.29 is 18.3 Å². The molecule has 2 N–H and O–H groups in total. The van der Waals surface area contributed by atoms with E-state index in [0.717, 1.165) is 17.7 Å². The molecule has 1 heterocycles. The van der Waals surface area contributed by atoms with Crippen molar-refractivity contribution >= 4 is 6.29 Å². The van der Waals surface area contributed by atoms with Crippen LogP contribution in [0.2, 0.25) is 0 Å². The zero-order valence-electron chi connectivity index (χ0n) is 17.8. The number of hydrogen-bond donors (Lipinski definition) is 2. The molecule has 0 amide bonds. The number of H-pyrrole nitrogens is 1. The van der Waals surface area contributed by atoms with Crippen LogP contribution in [-0.2, 0) is 6.54 Å². The Labute approximate surface area is 180 Å². The number of nitrogens with zero attached hydrogens (tertiary/aromatic N) is 1. The molecule has 0 atom stereocenters. The third-order valence-electron chi connectivity index (χ3n) is 3.46. The lowest BCUT2D eigenvalue weighted by atomic mass is 10.2. The lowest BCUT2D eigenvalue weighted by molar-refractivity contribution is -0.0498. The van der Waals surface area contributed by atoms with E-state index in [4.69, 9.17) is 0 Å². The molecule has 3 aromatic rings. The number of halogens is 2. The van der Waals surface area contributed by atoms with E-state index in [0.29, 0.717) is 12.1 Å². The molecule has 6 nitrogen and oxygen atoms in total. The molecule has 166 valence electrons. The minimum Gasteiger partial charge on any atom is -0.435 e. The number of benzene rings is 2. The number of rotatable bonds is 6. The average Bonchev–Trinajstić information content (AvgIpc) is 2.76. The van der Waals surface area contributed by atoms with Gasteiger partial charge >= 0.3 is 6.61 Å². The van der Waals surface area contributed by atoms with Crippen molar-refractivity contribution in [1.82, 2.24) is 15.3 Å². The molecule has 0 radical (unpaired) electrons. The fourth-order valence-corrected chi connectivity index (χ4v) is 2.26. The molecule has 2 aromatic carbocycles. The van der Waals surface area contributed by atoms with Crippen LogP contribution in [0.1, 0.15) is 36.3 Å². The second-order valence-corrected chi connectivity index (χ2v) is 6.26. The zero-order valence-corrected chi connectivity index (χ0v) is 17.8. The highest BCUT2D eigenvalue weighted by atomic mass is 19.3. The third-order valence-corrected chi connectivity index (χ3v) is 3.46. The summed E-state index contributed by atoms with van der Waals surface area (Å²) in [6, 6.07) is 16.9. The predicted molar refractivity (Wildman–Crippen MR) is 117 cm³/mol. The number of alkyl halides is 2. The number of ether oxygens (including phenoxy) is 1. The van der Waals surface area contributed by atoms with Crippen LogP contribution in [0.15, 0.2) is 65.5 Å². The maximum atomic E-state index is 11.7. The Morgan fingerprint density at radius 2 is 1.71 bits per heavy atom. The summed E-state index contributed by atoms with van der Waals surface area (Å²) in [5.74, 6) is 0.597. The molecule has 0 unspecified atom stereocenters. The molecule has 0 aliphatic rings. The van der Waals surface area contributed by atoms with E-state index in [1.807, 2.05) is 37.4 Å². The molecule has 0 aliphatic carbocycles. The van der Waals surface area contributed by atoms with Crippen LogP contribution in [0.5, 0.6) is 5.75 Å². The average molecular weight is 431 g/mol. The van der Waals surface area contributed by atoms with Gasteiger partial charge in [-0.05, 0) is 24.7 Å². The second kappa shape index (κ2) is 14.6. The van der Waals surface area contributed by atoms with Gasteiger partial charge in [0.05, 0.1) is 0 Å². The predicted octanol–water partition coefficient (Wildman–Crippen LogP) is 4.67. The van der Waals surface area contributed by atoms with Gasteiger partial charge in [-0.2, -0.15) is 8.78 Å². The van der Waals surface area contributed by atoms with Gasteiger partial charge in [-0.15, -0.1) is 0 Å². The highest BCUT2D eigenvalue weighted by Crippen LogP contribution is 2.14. The molecule has 1 aromatic heterocycles. The fourth-order valence-electron chi connectivity index (χ4n) is 2.26. The van der Waals surface area contributed by atoms with Gasteiger partial charge in [0.1, 0.15) is 17.3 Å². The summed E-state index contributed by atoms with van der Waals surface area (Å²) in [7, 11) is 1.82. The maximum Gasteiger partial charge on any atom is 0.387 e. The molecule has 0 saturated heterocycles. The summed E-state index contributed by atoms with van der Waals surface area (Å²) in [5.41, 5.74) is 1.62. The van der Waals surface area contributed by atoms with Crippen molar-refractivity contribution in [2.75, 3.05) is 7.05 Å². The number of aromatic amines is 1. The van der Waals surface area contributed by atoms with Gasteiger partial charge in [-0.3, -0.25) is 9.59 Å². The van der Waals surface area contributed by atoms with Crippen LogP contribution in [0, 0.1) is 0 Å². The Balaban J connectivity index is 0.000000278. The fraction of sp³-hybridized carbons (Fsp3) is 0.261. The number of aldehydes is 1. The standard InChI is InChI=1S/C11H8N2O2.C9H11F2NO.C3H8/c14-7-9-6-10(15)13-11(12-9)8-4-2-1-3-5-8;1-12-6-7-2-4-8(5-3-7)13-9(10)11;1-3-2/h1-7H,(H,12,13,15);2-5,9,12H,6H2,1H3;3H2,1-2H3. The quantitative estimate of drug-likeness (QED) is 0.554. The molecule has 0 aliphatic heterocycles. The molecule has 0 spiro atoms. The first-order chi connectivity index (χ1) is 14.9. The number of carbonyl (C=O) groups excluding carboxylic acids is 1. The van der Waals surface area contributed by atoms with Gasteiger partial charge in [-0.25, -0.2) is 4.98 Å². The van der Waals surface area contributed by atoms with Crippen molar-refractivity contribution in [3.63, 3.8) is 0 Å². The first-order valence-electron chi connectivity index (χ1n) is 9.73. The van der Waals surface area contributed by atoms with E-state index in [-0.39, 0.29) is 17.0 Å². The maximum absolute atomic E-state index is 11.7. The molecule has 3 rings (SSSR count). The molecule has 8 heteroatoms. The first kappa shape index (κ1) is 25.6. The van der Waals surface area contributed by atoms with Crippen LogP contribution < -0.4 is 15.6 Å². The summed E-state index contributed by atoms with van der Waals surface area (Å²) >= 11 is 0. The van der Waals surface area contributed by atoms with Gasteiger partial charge in [0, 0.05) is 18.2 Å². The van der Waals surface area contributed by atoms with Crippen molar-refractivity contribution in [1.29, 1.82) is 0 Å². The van der Waals surface area contributed by atoms with Crippen molar-refractivity contribution in [3.8, 4) is 17.1 Å². The largest absolute Gasteiger partial charge is 0.435 e. The molecule has 0 saturated carbocycles. The van der Waals surface area contributed by atoms with Gasteiger partial charge in [-0.1, -0.05) is 62.7 Å². The van der Waals surface area contributed by atoms with Crippen LogP contribution in [0.25, 0.3) is 11.4 Å². The Hall–Kier alpha value is -3.39. The van der Waals surface area contributed by atoms with Gasteiger partial charge < -0.3 is 15.0 Å². The van der Waals surface area contributed by atoms with Gasteiger partial charge in [0.2, 0.25) is 0 Å². The number of hydrogen-bond acceptors (Lipinski definition) is 5. The summed E-state index contributed by atoms with van der Waals surface area (Å²) in [4.78, 5) is 28.3. The van der Waals surface area contributed by atoms with Gasteiger partial charge in [0.25, 0.3) is 5.56 Å². The number of carbonyl (C=O) groups is 1. The summed E-state index contributed by atoms with van der Waals surface area (Å²) in [6.07, 6.45) is 1.81. The number of nitrogens with one attached hydrogen (secondary N) is 2. The van der Waals surface area contributed by atoms with E-state index in [1.54, 1.807) is 12.1 Å². The molecular weight excluding hydrogens is 404 g/mol. The third kappa shape index (κ3) is 10.3. The Bertz CT molecular complexity index is 946. The van der Waals surface area contributed by atoms with Crippen LogP contribution in [-0.4, -0.2) is 29.9 Å². The molecule has 0 bridgehead atoms.